The Balaban J connectivity index is 0.000000200. The summed E-state index contributed by atoms with van der Waals surface area (Å²) < 4.78 is 5.91. The van der Waals surface area contributed by atoms with Crippen LogP contribution < -0.4 is 0 Å². The SMILES string of the molecule is Cc1c[c-]c(-c2ccc(C)cn2)cc1.Cc1cnc(-c2[c-]cc3oc4ccccc4c3c2)cc1Cc1ccccc1.[Ir]. The van der Waals surface area contributed by atoms with Crippen LogP contribution in [0.5, 0.6) is 0 Å². The maximum Gasteiger partial charge on any atom is 0.120 e. The molecule has 3 nitrogen and oxygen atoms in total. The molecule has 0 saturated heterocycles. The number of pyridine rings is 2. The Morgan fingerprint density at radius 2 is 1.36 bits per heavy atom. The molecule has 0 saturated carbocycles. The topological polar surface area (TPSA) is 38.9 Å². The molecule has 0 aliphatic heterocycles. The number of hydrogen-bond acceptors (Lipinski definition) is 3. The summed E-state index contributed by atoms with van der Waals surface area (Å²) in [6.07, 6.45) is 4.74. The third-order valence-electron chi connectivity index (χ3n) is 7.19. The first kappa shape index (κ1) is 29.1. The average molecular weight is 723 g/mol. The zero-order valence-corrected chi connectivity index (χ0v) is 26.2. The molecule has 7 rings (SSSR count). The molecule has 3 aromatic heterocycles. The van der Waals surface area contributed by atoms with Crippen molar-refractivity contribution in [2.75, 3.05) is 0 Å². The van der Waals surface area contributed by atoms with Crippen LogP contribution in [0.25, 0.3) is 44.5 Å². The standard InChI is InChI=1S/C25H18NO.C13H12N.Ir/c1-17-16-26-23(15-20(17)13-18-7-3-2-4-8-18)19-11-12-25-22(14-19)21-9-5-6-10-24(21)27-25;1-10-3-6-12(7-4-10)13-8-5-11(2)9-14-13;/h2-10,12,14-16H,13H2,1H3;3-6,8-9H,1-2H3;/q2*-1;. The molecule has 0 aliphatic carbocycles. The predicted molar refractivity (Wildman–Crippen MR) is 168 cm³/mol. The summed E-state index contributed by atoms with van der Waals surface area (Å²) in [5, 5.41) is 2.23. The van der Waals surface area contributed by atoms with Crippen molar-refractivity contribution in [1.29, 1.82) is 0 Å². The van der Waals surface area contributed by atoms with Crippen LogP contribution in [0.2, 0.25) is 0 Å². The molecule has 0 unspecified atom stereocenters. The second kappa shape index (κ2) is 13.1. The van der Waals surface area contributed by atoms with Gasteiger partial charge in [0.1, 0.15) is 5.58 Å². The minimum absolute atomic E-state index is 0. The quantitative estimate of drug-likeness (QED) is 0.170. The van der Waals surface area contributed by atoms with Crippen LogP contribution >= 0.6 is 0 Å². The molecular weight excluding hydrogens is 693 g/mol. The Kier molecular flexibility index (Phi) is 9.07. The van der Waals surface area contributed by atoms with E-state index in [1.165, 1.54) is 27.8 Å². The van der Waals surface area contributed by atoms with Crippen molar-refractivity contribution in [3.05, 3.63) is 155 Å². The van der Waals surface area contributed by atoms with E-state index in [0.29, 0.717) is 0 Å². The summed E-state index contributed by atoms with van der Waals surface area (Å²) in [4.78, 5) is 9.01. The number of hydrogen-bond donors (Lipinski definition) is 0. The Morgan fingerprint density at radius 3 is 2.12 bits per heavy atom. The molecule has 0 spiro atoms. The van der Waals surface area contributed by atoms with Crippen LogP contribution in [0.1, 0.15) is 27.8 Å². The van der Waals surface area contributed by atoms with Crippen molar-refractivity contribution in [2.45, 2.75) is 27.2 Å². The minimum Gasteiger partial charge on any atom is -0.500 e. The van der Waals surface area contributed by atoms with Crippen molar-refractivity contribution in [3.63, 3.8) is 0 Å². The van der Waals surface area contributed by atoms with Crippen LogP contribution in [0.15, 0.2) is 120 Å². The van der Waals surface area contributed by atoms with Gasteiger partial charge in [-0.2, -0.15) is 0 Å². The van der Waals surface area contributed by atoms with Gasteiger partial charge in [-0.05, 0) is 60.0 Å². The number of para-hydroxylation sites is 1. The molecule has 0 bridgehead atoms. The van der Waals surface area contributed by atoms with E-state index in [1.54, 1.807) is 0 Å². The van der Waals surface area contributed by atoms with Gasteiger partial charge in [0.15, 0.2) is 0 Å². The molecule has 0 aliphatic rings. The summed E-state index contributed by atoms with van der Waals surface area (Å²) in [5.41, 5.74) is 11.9. The van der Waals surface area contributed by atoms with E-state index in [1.807, 2.05) is 67.8 Å². The molecule has 0 amide bonds. The Labute approximate surface area is 260 Å². The number of aryl methyl sites for hydroxylation is 3. The molecule has 4 aromatic carbocycles. The zero-order valence-electron chi connectivity index (χ0n) is 23.8. The number of aromatic nitrogens is 2. The number of fused-ring (bicyclic) bond motifs is 3. The smallest absolute Gasteiger partial charge is 0.120 e. The molecule has 0 N–H and O–H groups in total. The van der Waals surface area contributed by atoms with E-state index in [9.17, 15) is 0 Å². The van der Waals surface area contributed by atoms with Crippen molar-refractivity contribution in [1.82, 2.24) is 9.97 Å². The molecule has 1 radical (unpaired) electrons. The van der Waals surface area contributed by atoms with Gasteiger partial charge in [0.2, 0.25) is 0 Å². The van der Waals surface area contributed by atoms with E-state index in [-0.39, 0.29) is 20.1 Å². The van der Waals surface area contributed by atoms with Gasteiger partial charge in [0, 0.05) is 37.9 Å². The summed E-state index contributed by atoms with van der Waals surface area (Å²) in [6, 6.07) is 41.6. The van der Waals surface area contributed by atoms with Crippen molar-refractivity contribution < 1.29 is 24.5 Å². The number of rotatable bonds is 4. The van der Waals surface area contributed by atoms with Crippen LogP contribution in [0.3, 0.4) is 0 Å². The molecule has 209 valence electrons. The van der Waals surface area contributed by atoms with Gasteiger partial charge < -0.3 is 14.4 Å². The largest absolute Gasteiger partial charge is 0.500 e. The summed E-state index contributed by atoms with van der Waals surface area (Å²) in [5.74, 6) is 0. The second-order valence-corrected chi connectivity index (χ2v) is 10.4. The first-order chi connectivity index (χ1) is 20.0. The Hall–Kier alpha value is -4.37. The van der Waals surface area contributed by atoms with Crippen LogP contribution in [-0.2, 0) is 26.5 Å². The Bertz CT molecular complexity index is 1880. The van der Waals surface area contributed by atoms with Gasteiger partial charge in [-0.1, -0.05) is 79.0 Å². The fourth-order valence-corrected chi connectivity index (χ4v) is 4.83. The van der Waals surface area contributed by atoms with E-state index in [2.05, 4.69) is 90.5 Å². The maximum atomic E-state index is 5.91. The average Bonchev–Trinajstić information content (AvgIpc) is 3.38. The van der Waals surface area contributed by atoms with Gasteiger partial charge >= 0.3 is 0 Å². The molecule has 0 atom stereocenters. The summed E-state index contributed by atoms with van der Waals surface area (Å²) in [6.45, 7) is 6.21. The minimum atomic E-state index is 0. The van der Waals surface area contributed by atoms with E-state index < -0.39 is 0 Å². The normalized spacial score (nSPS) is 10.6. The molecule has 4 heteroatoms. The van der Waals surface area contributed by atoms with Crippen molar-refractivity contribution >= 4 is 21.9 Å². The summed E-state index contributed by atoms with van der Waals surface area (Å²) >= 11 is 0. The van der Waals surface area contributed by atoms with E-state index in [4.69, 9.17) is 4.42 Å². The van der Waals surface area contributed by atoms with Gasteiger partial charge in [-0.25, -0.2) is 0 Å². The maximum absolute atomic E-state index is 5.91. The third-order valence-corrected chi connectivity index (χ3v) is 7.19. The summed E-state index contributed by atoms with van der Waals surface area (Å²) in [7, 11) is 0. The van der Waals surface area contributed by atoms with E-state index in [0.717, 1.165) is 50.9 Å². The fourth-order valence-electron chi connectivity index (χ4n) is 4.83. The number of benzene rings is 4. The number of nitrogens with zero attached hydrogens (tertiary/aromatic N) is 2. The van der Waals surface area contributed by atoms with Crippen LogP contribution in [-0.4, -0.2) is 9.97 Å². The molecular formula is C38H30IrN2O-2. The molecule has 0 fully saturated rings. The van der Waals surface area contributed by atoms with Crippen molar-refractivity contribution in [3.8, 4) is 22.5 Å². The molecule has 7 aromatic rings. The monoisotopic (exact) mass is 723 g/mol. The molecule has 3 heterocycles. The van der Waals surface area contributed by atoms with Gasteiger partial charge in [0.25, 0.3) is 0 Å². The van der Waals surface area contributed by atoms with Crippen LogP contribution in [0.4, 0.5) is 0 Å². The van der Waals surface area contributed by atoms with E-state index >= 15 is 0 Å². The van der Waals surface area contributed by atoms with Gasteiger partial charge in [-0.3, -0.25) is 0 Å². The third kappa shape index (κ3) is 6.57. The first-order valence-corrected chi connectivity index (χ1v) is 13.8. The van der Waals surface area contributed by atoms with Gasteiger partial charge in [-0.15, -0.1) is 59.2 Å². The van der Waals surface area contributed by atoms with Crippen molar-refractivity contribution in [2.24, 2.45) is 0 Å². The fraction of sp³-hybridized carbons (Fsp3) is 0.105. The van der Waals surface area contributed by atoms with Gasteiger partial charge in [0.05, 0.1) is 5.58 Å². The molecule has 42 heavy (non-hydrogen) atoms. The first-order valence-electron chi connectivity index (χ1n) is 13.8. The second-order valence-electron chi connectivity index (χ2n) is 10.4. The zero-order chi connectivity index (χ0) is 28.2. The Morgan fingerprint density at radius 1 is 0.619 bits per heavy atom. The van der Waals surface area contributed by atoms with Crippen LogP contribution in [0, 0.1) is 32.9 Å². The predicted octanol–water partition coefficient (Wildman–Crippen LogP) is 9.51. The number of furan rings is 1.